The van der Waals surface area contributed by atoms with E-state index in [0.29, 0.717) is 4.99 Å². The van der Waals surface area contributed by atoms with Crippen molar-refractivity contribution in [2.75, 3.05) is 6.54 Å². The maximum atomic E-state index is 10.6. The molecule has 1 unspecified atom stereocenters. The summed E-state index contributed by atoms with van der Waals surface area (Å²) in [6.45, 7) is 3.00. The molecule has 1 aromatic heterocycles. The van der Waals surface area contributed by atoms with Gasteiger partial charge in [0.25, 0.3) is 0 Å². The molecule has 0 aliphatic carbocycles. The fraction of sp³-hybridized carbons (Fsp3) is 0.294. The van der Waals surface area contributed by atoms with E-state index in [1.807, 2.05) is 36.4 Å². The van der Waals surface area contributed by atoms with Crippen LogP contribution in [0.5, 0.6) is 0 Å². The van der Waals surface area contributed by atoms with Crippen molar-refractivity contribution in [1.82, 2.24) is 10.3 Å². The molecule has 21 heavy (non-hydrogen) atoms. The van der Waals surface area contributed by atoms with Gasteiger partial charge in [0.1, 0.15) is 11.1 Å². The van der Waals surface area contributed by atoms with Crippen molar-refractivity contribution in [3.05, 3.63) is 65.5 Å². The van der Waals surface area contributed by atoms with E-state index in [1.165, 1.54) is 0 Å². The van der Waals surface area contributed by atoms with Gasteiger partial charge in [-0.1, -0.05) is 55.9 Å². The summed E-state index contributed by atoms with van der Waals surface area (Å²) in [5.41, 5.74) is 2.45. The Morgan fingerprint density at radius 3 is 2.81 bits per heavy atom. The summed E-state index contributed by atoms with van der Waals surface area (Å²) in [7, 11) is 0. The first-order valence-corrected chi connectivity index (χ1v) is 7.60. The Labute approximate surface area is 131 Å². The summed E-state index contributed by atoms with van der Waals surface area (Å²) in [6, 6.07) is 11.4. The van der Waals surface area contributed by atoms with Crippen LogP contribution in [0.15, 0.2) is 48.8 Å². The van der Waals surface area contributed by atoms with Crippen molar-refractivity contribution in [3.63, 3.8) is 0 Å². The molecule has 0 saturated heterocycles. The molecule has 2 N–H and O–H groups in total. The van der Waals surface area contributed by atoms with E-state index in [4.69, 9.17) is 12.2 Å². The minimum atomic E-state index is -0.721. The van der Waals surface area contributed by atoms with E-state index in [9.17, 15) is 5.11 Å². The standard InChI is InChI=1S/C17H20N2OS/c1-2-3-11-19-17(21)15-9-5-4-8-14(15)16(20)13-7-6-10-18-12-13/h4-10,12,16,20H,2-3,11H2,1H3,(H,19,21). The van der Waals surface area contributed by atoms with Gasteiger partial charge >= 0.3 is 0 Å². The van der Waals surface area contributed by atoms with Crippen LogP contribution in [-0.4, -0.2) is 21.6 Å². The molecule has 4 heteroatoms. The van der Waals surface area contributed by atoms with E-state index in [-0.39, 0.29) is 0 Å². The highest BCUT2D eigenvalue weighted by molar-refractivity contribution is 7.80. The zero-order valence-electron chi connectivity index (χ0n) is 12.1. The maximum Gasteiger partial charge on any atom is 0.106 e. The molecule has 0 aliphatic rings. The van der Waals surface area contributed by atoms with Crippen LogP contribution in [0.1, 0.15) is 42.6 Å². The molecule has 2 rings (SSSR count). The Morgan fingerprint density at radius 2 is 2.10 bits per heavy atom. The predicted octanol–water partition coefficient (Wildman–Crippen LogP) is 3.23. The minimum Gasteiger partial charge on any atom is -0.384 e. The van der Waals surface area contributed by atoms with Crippen LogP contribution in [0.3, 0.4) is 0 Å². The van der Waals surface area contributed by atoms with E-state index in [1.54, 1.807) is 12.4 Å². The number of aliphatic hydroxyl groups excluding tert-OH is 1. The van der Waals surface area contributed by atoms with Crippen molar-refractivity contribution >= 4 is 17.2 Å². The quantitative estimate of drug-likeness (QED) is 0.635. The summed E-state index contributed by atoms with van der Waals surface area (Å²) in [6.07, 6.45) is 4.85. The normalized spacial score (nSPS) is 11.9. The Kier molecular flexibility index (Phi) is 5.84. The SMILES string of the molecule is CCCCNC(=S)c1ccccc1C(O)c1cccnc1. The number of benzene rings is 1. The van der Waals surface area contributed by atoms with Crippen LogP contribution in [0.25, 0.3) is 0 Å². The molecular weight excluding hydrogens is 280 g/mol. The Morgan fingerprint density at radius 1 is 1.29 bits per heavy atom. The molecule has 2 aromatic rings. The number of pyridine rings is 1. The number of thiocarbonyl (C=S) groups is 1. The summed E-state index contributed by atoms with van der Waals surface area (Å²) < 4.78 is 0. The molecule has 3 nitrogen and oxygen atoms in total. The van der Waals surface area contributed by atoms with E-state index < -0.39 is 6.10 Å². The first kappa shape index (κ1) is 15.6. The second kappa shape index (κ2) is 7.86. The molecule has 0 spiro atoms. The number of nitrogens with one attached hydrogen (secondary N) is 1. The highest BCUT2D eigenvalue weighted by atomic mass is 32.1. The van der Waals surface area contributed by atoms with Gasteiger partial charge in [0.15, 0.2) is 0 Å². The maximum absolute atomic E-state index is 10.6. The van der Waals surface area contributed by atoms with Crippen molar-refractivity contribution in [1.29, 1.82) is 0 Å². The van der Waals surface area contributed by atoms with Gasteiger partial charge in [-0.3, -0.25) is 4.98 Å². The number of hydrogen-bond acceptors (Lipinski definition) is 3. The largest absolute Gasteiger partial charge is 0.384 e. The number of rotatable bonds is 6. The van der Waals surface area contributed by atoms with Crippen LogP contribution in [-0.2, 0) is 0 Å². The minimum absolute atomic E-state index is 0.682. The number of hydrogen-bond donors (Lipinski definition) is 2. The molecule has 0 aliphatic heterocycles. The molecule has 0 bridgehead atoms. The number of aliphatic hydroxyl groups is 1. The lowest BCUT2D eigenvalue weighted by molar-refractivity contribution is 0.219. The summed E-state index contributed by atoms with van der Waals surface area (Å²) in [5, 5.41) is 13.8. The van der Waals surface area contributed by atoms with Gasteiger partial charge < -0.3 is 10.4 Å². The number of nitrogens with zero attached hydrogens (tertiary/aromatic N) is 1. The average molecular weight is 300 g/mol. The lowest BCUT2D eigenvalue weighted by Crippen LogP contribution is -2.25. The molecule has 1 aromatic carbocycles. The Hall–Kier alpha value is -1.78. The third-order valence-electron chi connectivity index (χ3n) is 3.32. The third-order valence-corrected chi connectivity index (χ3v) is 3.68. The molecule has 1 atom stereocenters. The van der Waals surface area contributed by atoms with Crippen LogP contribution in [0.4, 0.5) is 0 Å². The number of aromatic nitrogens is 1. The molecule has 1 heterocycles. The second-order valence-electron chi connectivity index (χ2n) is 4.89. The van der Waals surface area contributed by atoms with Crippen LogP contribution in [0.2, 0.25) is 0 Å². The molecular formula is C17H20N2OS. The van der Waals surface area contributed by atoms with Gasteiger partial charge in [-0.25, -0.2) is 0 Å². The highest BCUT2D eigenvalue weighted by Crippen LogP contribution is 2.24. The summed E-state index contributed by atoms with van der Waals surface area (Å²) in [5.74, 6) is 0. The summed E-state index contributed by atoms with van der Waals surface area (Å²) >= 11 is 5.45. The molecule has 0 amide bonds. The topological polar surface area (TPSA) is 45.1 Å². The zero-order valence-corrected chi connectivity index (χ0v) is 12.9. The van der Waals surface area contributed by atoms with Crippen molar-refractivity contribution in [2.45, 2.75) is 25.9 Å². The van der Waals surface area contributed by atoms with E-state index >= 15 is 0 Å². The van der Waals surface area contributed by atoms with Gasteiger partial charge in [0.2, 0.25) is 0 Å². The third kappa shape index (κ3) is 4.09. The zero-order chi connectivity index (χ0) is 15.1. The van der Waals surface area contributed by atoms with Gasteiger partial charge in [0, 0.05) is 30.1 Å². The van der Waals surface area contributed by atoms with Crippen molar-refractivity contribution < 1.29 is 5.11 Å². The first-order valence-electron chi connectivity index (χ1n) is 7.19. The molecule has 0 radical (unpaired) electrons. The van der Waals surface area contributed by atoms with Crippen molar-refractivity contribution in [3.8, 4) is 0 Å². The molecule has 0 fully saturated rings. The van der Waals surface area contributed by atoms with Gasteiger partial charge in [-0.2, -0.15) is 0 Å². The Balaban J connectivity index is 2.22. The van der Waals surface area contributed by atoms with Crippen LogP contribution < -0.4 is 5.32 Å². The smallest absolute Gasteiger partial charge is 0.106 e. The predicted molar refractivity (Wildman–Crippen MR) is 89.4 cm³/mol. The second-order valence-corrected chi connectivity index (χ2v) is 5.29. The molecule has 110 valence electrons. The van der Waals surface area contributed by atoms with Gasteiger partial charge in [-0.15, -0.1) is 0 Å². The van der Waals surface area contributed by atoms with Crippen molar-refractivity contribution in [2.24, 2.45) is 0 Å². The lowest BCUT2D eigenvalue weighted by Gasteiger charge is -2.17. The van der Waals surface area contributed by atoms with E-state index in [0.717, 1.165) is 36.1 Å². The highest BCUT2D eigenvalue weighted by Gasteiger charge is 2.16. The van der Waals surface area contributed by atoms with Gasteiger partial charge in [-0.05, 0) is 18.1 Å². The Bertz CT molecular complexity index is 586. The monoisotopic (exact) mass is 300 g/mol. The summed E-state index contributed by atoms with van der Waals surface area (Å²) in [4.78, 5) is 4.74. The lowest BCUT2D eigenvalue weighted by atomic mass is 9.97. The fourth-order valence-electron chi connectivity index (χ4n) is 2.13. The first-order chi connectivity index (χ1) is 10.2. The van der Waals surface area contributed by atoms with Crippen LogP contribution in [0, 0.1) is 0 Å². The number of unbranched alkanes of at least 4 members (excludes halogenated alkanes) is 1. The van der Waals surface area contributed by atoms with E-state index in [2.05, 4.69) is 17.2 Å². The van der Waals surface area contributed by atoms with Crippen LogP contribution >= 0.6 is 12.2 Å². The molecule has 0 saturated carbocycles. The average Bonchev–Trinajstić information content (AvgIpc) is 2.55. The van der Waals surface area contributed by atoms with Gasteiger partial charge in [0.05, 0.1) is 0 Å². The fourth-order valence-corrected chi connectivity index (χ4v) is 2.42.